The molecule has 0 spiro atoms. The Kier molecular flexibility index (Phi) is 5.95. The first kappa shape index (κ1) is 25.3. The maximum absolute atomic E-state index is 11.8. The number of benzene rings is 1. The van der Waals surface area contributed by atoms with Gasteiger partial charge in [0.25, 0.3) is 0 Å². The van der Waals surface area contributed by atoms with Crippen LogP contribution in [0.5, 0.6) is 5.75 Å². The molecule has 5 heterocycles. The van der Waals surface area contributed by atoms with Gasteiger partial charge in [0, 0.05) is 37.4 Å². The van der Waals surface area contributed by atoms with E-state index in [1.54, 1.807) is 0 Å². The molecule has 0 unspecified atom stereocenters. The van der Waals surface area contributed by atoms with Crippen molar-refractivity contribution in [1.29, 1.82) is 0 Å². The number of hydrogen-bond acceptors (Lipinski definition) is 8. The highest BCUT2D eigenvalue weighted by atomic mass is 32.2. The first-order valence-corrected chi connectivity index (χ1v) is 16.0. The zero-order chi connectivity index (χ0) is 26.8. The van der Waals surface area contributed by atoms with Crippen LogP contribution in [-0.4, -0.2) is 76.8 Å². The third-order valence-electron chi connectivity index (χ3n) is 9.53. The van der Waals surface area contributed by atoms with E-state index in [-0.39, 0.29) is 22.7 Å². The third kappa shape index (κ3) is 4.70. The summed E-state index contributed by atoms with van der Waals surface area (Å²) in [6, 6.07) is 8.54. The quantitative estimate of drug-likeness (QED) is 0.471. The average Bonchev–Trinajstić information content (AvgIpc) is 3.55. The van der Waals surface area contributed by atoms with E-state index in [1.165, 1.54) is 6.33 Å². The van der Waals surface area contributed by atoms with Gasteiger partial charge in [-0.2, -0.15) is 0 Å². The van der Waals surface area contributed by atoms with Crippen LogP contribution < -0.4 is 10.5 Å². The van der Waals surface area contributed by atoms with Gasteiger partial charge in [-0.25, -0.2) is 18.4 Å². The second-order valence-electron chi connectivity index (χ2n) is 12.4. The highest BCUT2D eigenvalue weighted by Gasteiger charge is 2.53. The van der Waals surface area contributed by atoms with E-state index < -0.39 is 9.84 Å². The molecule has 2 bridgehead atoms. The minimum atomic E-state index is -2.85. The number of nitrogen functional groups attached to an aromatic ring is 1. The minimum absolute atomic E-state index is 0.0273. The van der Waals surface area contributed by atoms with Crippen LogP contribution in [0.15, 0.2) is 36.8 Å². The van der Waals surface area contributed by atoms with Gasteiger partial charge in [-0.3, -0.25) is 0 Å². The lowest BCUT2D eigenvalue weighted by atomic mass is 9.79. The summed E-state index contributed by atoms with van der Waals surface area (Å²) in [6.07, 6.45) is 10.1. The number of fused-ring (bicyclic) bond motifs is 3. The number of sulfone groups is 1. The van der Waals surface area contributed by atoms with Crippen LogP contribution in [0.25, 0.3) is 22.2 Å². The van der Waals surface area contributed by atoms with Crippen LogP contribution in [0.2, 0.25) is 0 Å². The molecule has 1 aromatic carbocycles. The van der Waals surface area contributed by atoms with Crippen molar-refractivity contribution in [3.63, 3.8) is 0 Å². The summed E-state index contributed by atoms with van der Waals surface area (Å²) in [4.78, 5) is 11.2. The van der Waals surface area contributed by atoms with Gasteiger partial charge in [0.2, 0.25) is 0 Å². The normalized spacial score (nSPS) is 31.9. The van der Waals surface area contributed by atoms with Gasteiger partial charge in [-0.1, -0.05) is 12.1 Å². The molecule has 10 heteroatoms. The summed E-state index contributed by atoms with van der Waals surface area (Å²) in [7, 11) is -2.85. The van der Waals surface area contributed by atoms with Crippen molar-refractivity contribution in [1.82, 2.24) is 19.4 Å². The molecule has 3 saturated heterocycles. The summed E-state index contributed by atoms with van der Waals surface area (Å²) in [5.41, 5.74) is 9.19. The Morgan fingerprint density at radius 1 is 1.13 bits per heavy atom. The Bertz CT molecular complexity index is 1490. The molecular formula is C29H37N5O4S. The van der Waals surface area contributed by atoms with Crippen molar-refractivity contribution in [2.45, 2.75) is 62.7 Å². The smallest absolute Gasteiger partial charge is 0.152 e. The molecule has 39 heavy (non-hydrogen) atoms. The Morgan fingerprint density at radius 2 is 1.90 bits per heavy atom. The fourth-order valence-electron chi connectivity index (χ4n) is 7.08. The summed E-state index contributed by atoms with van der Waals surface area (Å²) in [5.74, 6) is 2.42. The number of rotatable bonds is 7. The monoisotopic (exact) mass is 551 g/mol. The van der Waals surface area contributed by atoms with Gasteiger partial charge in [0.15, 0.2) is 9.84 Å². The Hall–Kier alpha value is -2.69. The second-order valence-corrected chi connectivity index (χ2v) is 14.7. The maximum atomic E-state index is 11.8. The van der Waals surface area contributed by atoms with E-state index in [1.807, 2.05) is 12.1 Å². The molecule has 3 aliphatic heterocycles. The molecule has 1 saturated carbocycles. The fraction of sp³-hybridized carbons (Fsp3) is 0.586. The zero-order valence-corrected chi connectivity index (χ0v) is 23.3. The first-order chi connectivity index (χ1) is 18.7. The van der Waals surface area contributed by atoms with Crippen LogP contribution in [0.4, 0.5) is 5.82 Å². The number of anilines is 1. The maximum Gasteiger partial charge on any atom is 0.152 e. The lowest BCUT2D eigenvalue weighted by Gasteiger charge is -2.40. The Morgan fingerprint density at radius 3 is 2.62 bits per heavy atom. The standard InChI is InChI=1S/C29H37N5O4S/c1-28-5-7-29(38-28,8-6-28)18-37-23-4-2-3-21(15-23)24-17-34(27-25(24)26(30)31-19-32-27)22-13-20(14-22)16-33-9-11-39(35,36)12-10-33/h2-4,15,17,19-20,22H,5-14,16,18H2,1H3,(H2,30,31,32). The molecule has 208 valence electrons. The van der Waals surface area contributed by atoms with E-state index in [4.69, 9.17) is 15.2 Å². The van der Waals surface area contributed by atoms with E-state index in [0.29, 0.717) is 37.5 Å². The van der Waals surface area contributed by atoms with Crippen LogP contribution >= 0.6 is 0 Å². The van der Waals surface area contributed by atoms with Crippen molar-refractivity contribution in [2.75, 3.05) is 43.5 Å². The molecule has 3 aromatic rings. The van der Waals surface area contributed by atoms with Crippen molar-refractivity contribution < 1.29 is 17.9 Å². The molecule has 4 aliphatic rings. The van der Waals surface area contributed by atoms with Gasteiger partial charge >= 0.3 is 0 Å². The summed E-state index contributed by atoms with van der Waals surface area (Å²) >= 11 is 0. The molecule has 7 rings (SSSR count). The van der Waals surface area contributed by atoms with Crippen LogP contribution in [-0.2, 0) is 14.6 Å². The molecule has 2 aromatic heterocycles. The Labute approximate surface area is 229 Å². The molecule has 9 nitrogen and oxygen atoms in total. The Balaban J connectivity index is 1.08. The van der Waals surface area contributed by atoms with Gasteiger partial charge < -0.3 is 24.7 Å². The number of nitrogens with two attached hydrogens (primary N) is 1. The summed E-state index contributed by atoms with van der Waals surface area (Å²) < 4.78 is 38.5. The summed E-state index contributed by atoms with van der Waals surface area (Å²) in [6.45, 7) is 5.04. The van der Waals surface area contributed by atoms with E-state index in [9.17, 15) is 8.42 Å². The van der Waals surface area contributed by atoms with E-state index >= 15 is 0 Å². The SMILES string of the molecule is CC12CCC(COc3cccc(-c4cn(C5CC(CN6CCS(=O)(=O)CC6)C5)c5ncnc(N)c45)c3)(CC1)O2. The molecule has 4 fully saturated rings. The van der Waals surface area contributed by atoms with Crippen LogP contribution in [0, 0.1) is 5.92 Å². The third-order valence-corrected chi connectivity index (χ3v) is 11.1. The molecule has 0 radical (unpaired) electrons. The summed E-state index contributed by atoms with van der Waals surface area (Å²) in [5, 5.41) is 0.878. The average molecular weight is 552 g/mol. The molecule has 2 N–H and O–H groups in total. The largest absolute Gasteiger partial charge is 0.491 e. The zero-order valence-electron chi connectivity index (χ0n) is 22.5. The van der Waals surface area contributed by atoms with Gasteiger partial charge in [-0.15, -0.1) is 0 Å². The van der Waals surface area contributed by atoms with E-state index in [2.05, 4.69) is 44.7 Å². The van der Waals surface area contributed by atoms with Gasteiger partial charge in [0.05, 0.1) is 22.5 Å². The number of aromatic nitrogens is 3. The van der Waals surface area contributed by atoms with Crippen molar-refractivity contribution in [3.05, 3.63) is 36.8 Å². The van der Waals surface area contributed by atoms with Gasteiger partial charge in [0.1, 0.15) is 35.7 Å². The fourth-order valence-corrected chi connectivity index (χ4v) is 8.36. The number of nitrogens with zero attached hydrogens (tertiary/aromatic N) is 4. The molecule has 1 aliphatic carbocycles. The lowest BCUT2D eigenvalue weighted by Crippen LogP contribution is -2.44. The number of hydrogen-bond donors (Lipinski definition) is 1. The number of ether oxygens (including phenoxy) is 2. The van der Waals surface area contributed by atoms with Crippen molar-refractivity contribution in [2.24, 2.45) is 5.92 Å². The predicted octanol–water partition coefficient (Wildman–Crippen LogP) is 3.84. The molecule has 0 amide bonds. The highest BCUT2D eigenvalue weighted by molar-refractivity contribution is 7.91. The topological polar surface area (TPSA) is 113 Å². The lowest BCUT2D eigenvalue weighted by molar-refractivity contribution is -0.0597. The van der Waals surface area contributed by atoms with Crippen molar-refractivity contribution in [3.8, 4) is 16.9 Å². The first-order valence-electron chi connectivity index (χ1n) is 14.2. The molecule has 0 atom stereocenters. The molecular weight excluding hydrogens is 514 g/mol. The van der Waals surface area contributed by atoms with Crippen LogP contribution in [0.1, 0.15) is 51.5 Å². The second kappa shape index (κ2) is 9.17. The van der Waals surface area contributed by atoms with Crippen molar-refractivity contribution >= 4 is 26.7 Å². The minimum Gasteiger partial charge on any atom is -0.491 e. The predicted molar refractivity (Wildman–Crippen MR) is 150 cm³/mol. The highest BCUT2D eigenvalue weighted by Crippen LogP contribution is 2.51. The van der Waals surface area contributed by atoms with Gasteiger partial charge in [-0.05, 0) is 69.1 Å². The van der Waals surface area contributed by atoms with Crippen LogP contribution in [0.3, 0.4) is 0 Å². The van der Waals surface area contributed by atoms with E-state index in [0.717, 1.165) is 73.0 Å².